The highest BCUT2D eigenvalue weighted by Crippen LogP contribution is 2.24. The van der Waals surface area contributed by atoms with E-state index < -0.39 is 0 Å². The van der Waals surface area contributed by atoms with E-state index >= 15 is 0 Å². The van der Waals surface area contributed by atoms with E-state index in [9.17, 15) is 4.79 Å². The monoisotopic (exact) mass is 333 g/mol. The van der Waals surface area contributed by atoms with Gasteiger partial charge in [-0.25, -0.2) is 4.98 Å². The third-order valence-electron chi connectivity index (χ3n) is 2.85. The van der Waals surface area contributed by atoms with Gasteiger partial charge in [0, 0.05) is 16.7 Å². The van der Waals surface area contributed by atoms with Crippen molar-refractivity contribution in [3.63, 3.8) is 0 Å². The molecule has 98 valence electrons. The summed E-state index contributed by atoms with van der Waals surface area (Å²) >= 11 is 9.21. The number of pyridine rings is 1. The van der Waals surface area contributed by atoms with Gasteiger partial charge in [0.05, 0.1) is 24.8 Å². The fourth-order valence-electron chi connectivity index (χ4n) is 1.83. The molecule has 7 heteroatoms. The Bertz CT molecular complexity index is 458. The maximum Gasteiger partial charge on any atom is 0.231 e. The van der Waals surface area contributed by atoms with Gasteiger partial charge in [-0.15, -0.1) is 0 Å². The molecule has 2 unspecified atom stereocenters. The smallest absolute Gasteiger partial charge is 0.231 e. The van der Waals surface area contributed by atoms with E-state index in [4.69, 9.17) is 16.3 Å². The van der Waals surface area contributed by atoms with E-state index in [2.05, 4.69) is 31.5 Å². The highest BCUT2D eigenvalue weighted by molar-refractivity contribution is 9.10. The molecule has 1 aliphatic heterocycles. The number of nitrogens with one attached hydrogen (secondary N) is 2. The van der Waals surface area contributed by atoms with Crippen LogP contribution in [-0.4, -0.2) is 37.2 Å². The maximum absolute atomic E-state index is 12.1. The number of aromatic nitrogens is 1. The highest BCUT2D eigenvalue weighted by Gasteiger charge is 2.33. The number of ether oxygens (including phenoxy) is 1. The topological polar surface area (TPSA) is 63.2 Å². The molecule has 5 nitrogen and oxygen atoms in total. The molecule has 0 aromatic carbocycles. The van der Waals surface area contributed by atoms with Crippen LogP contribution in [0.5, 0.6) is 0 Å². The molecule has 1 aromatic rings. The van der Waals surface area contributed by atoms with Crippen molar-refractivity contribution >= 4 is 39.1 Å². The maximum atomic E-state index is 12.1. The molecular formula is C11H13BrClN3O2. The molecular weight excluding hydrogens is 321 g/mol. The Morgan fingerprint density at radius 2 is 2.39 bits per heavy atom. The van der Waals surface area contributed by atoms with Crippen LogP contribution in [0.25, 0.3) is 0 Å². The van der Waals surface area contributed by atoms with E-state index in [1.807, 2.05) is 7.05 Å². The fraction of sp³-hybridized carbons (Fsp3) is 0.455. The summed E-state index contributed by atoms with van der Waals surface area (Å²) in [5.41, 5.74) is 0.498. The number of amides is 1. The number of likely N-dealkylation sites (N-methyl/N-ethyl adjacent to an activating group) is 1. The second-order valence-corrected chi connectivity index (χ2v) is 5.29. The summed E-state index contributed by atoms with van der Waals surface area (Å²) in [6.45, 7) is 0.954. The molecule has 1 aromatic heterocycles. The lowest BCUT2D eigenvalue weighted by Crippen LogP contribution is -2.39. The minimum absolute atomic E-state index is 0.0314. The van der Waals surface area contributed by atoms with Gasteiger partial charge < -0.3 is 15.4 Å². The van der Waals surface area contributed by atoms with E-state index in [-0.39, 0.29) is 23.0 Å². The second kappa shape index (κ2) is 5.97. The minimum atomic E-state index is -0.218. The van der Waals surface area contributed by atoms with Crippen LogP contribution in [0, 0.1) is 5.92 Å². The van der Waals surface area contributed by atoms with Crippen molar-refractivity contribution in [1.29, 1.82) is 0 Å². The number of halogens is 2. The average molecular weight is 335 g/mol. The molecule has 1 fully saturated rings. The van der Waals surface area contributed by atoms with E-state index in [1.165, 1.54) is 0 Å². The zero-order chi connectivity index (χ0) is 13.1. The molecule has 2 rings (SSSR count). The normalized spacial score (nSPS) is 23.1. The van der Waals surface area contributed by atoms with Crippen molar-refractivity contribution in [2.24, 2.45) is 5.92 Å². The molecule has 2 N–H and O–H groups in total. The van der Waals surface area contributed by atoms with Crippen LogP contribution >= 0.6 is 27.5 Å². The number of hydrogen-bond donors (Lipinski definition) is 2. The molecule has 0 saturated carbocycles. The van der Waals surface area contributed by atoms with Crippen LogP contribution in [0.1, 0.15) is 0 Å². The van der Waals surface area contributed by atoms with Crippen LogP contribution in [0.4, 0.5) is 5.69 Å². The van der Waals surface area contributed by atoms with Gasteiger partial charge in [0.25, 0.3) is 0 Å². The van der Waals surface area contributed by atoms with E-state index in [0.717, 1.165) is 4.47 Å². The third-order valence-corrected chi connectivity index (χ3v) is 3.59. The molecule has 1 aliphatic rings. The van der Waals surface area contributed by atoms with Gasteiger partial charge in [0.1, 0.15) is 0 Å². The molecule has 0 spiro atoms. The van der Waals surface area contributed by atoms with Crippen molar-refractivity contribution in [3.05, 3.63) is 21.9 Å². The summed E-state index contributed by atoms with van der Waals surface area (Å²) in [5.74, 6) is -0.335. The number of nitrogens with zero attached hydrogens (tertiary/aromatic N) is 1. The quantitative estimate of drug-likeness (QED) is 0.826. The zero-order valence-electron chi connectivity index (χ0n) is 9.74. The number of anilines is 1. The van der Waals surface area contributed by atoms with Crippen molar-refractivity contribution < 1.29 is 9.53 Å². The Morgan fingerprint density at radius 1 is 1.61 bits per heavy atom. The highest BCUT2D eigenvalue weighted by atomic mass is 79.9. The SMILES string of the molecule is CNC1COCC1C(=O)Nc1cc(Br)cnc1Cl. The van der Waals surface area contributed by atoms with Gasteiger partial charge in [0.15, 0.2) is 5.15 Å². The molecule has 0 bridgehead atoms. The standard InChI is InChI=1S/C11H13BrClN3O2/c1-14-9-5-18-4-7(9)11(17)16-8-2-6(12)3-15-10(8)13/h2-3,7,9,14H,4-5H2,1H3,(H,16,17). The number of rotatable bonds is 3. The van der Waals surface area contributed by atoms with Gasteiger partial charge in [-0.05, 0) is 29.0 Å². The predicted octanol–water partition coefficient (Wildman–Crippen LogP) is 1.67. The number of carbonyl (C=O) groups is 1. The van der Waals surface area contributed by atoms with Crippen LogP contribution < -0.4 is 10.6 Å². The Balaban J connectivity index is 2.09. The average Bonchev–Trinajstić information content (AvgIpc) is 2.82. The summed E-state index contributed by atoms with van der Waals surface area (Å²) in [5, 5.41) is 6.11. The summed E-state index contributed by atoms with van der Waals surface area (Å²) in [7, 11) is 1.81. The van der Waals surface area contributed by atoms with E-state index in [0.29, 0.717) is 18.9 Å². The van der Waals surface area contributed by atoms with Crippen molar-refractivity contribution in [2.45, 2.75) is 6.04 Å². The van der Waals surface area contributed by atoms with Crippen molar-refractivity contribution in [2.75, 3.05) is 25.6 Å². The van der Waals surface area contributed by atoms with Crippen LogP contribution in [0.15, 0.2) is 16.7 Å². The van der Waals surface area contributed by atoms with Gasteiger partial charge >= 0.3 is 0 Å². The van der Waals surface area contributed by atoms with Gasteiger partial charge in [-0.3, -0.25) is 4.79 Å². The largest absolute Gasteiger partial charge is 0.379 e. The Kier molecular flexibility index (Phi) is 4.55. The fourth-order valence-corrected chi connectivity index (χ4v) is 2.31. The Hall–Kier alpha value is -0.690. The van der Waals surface area contributed by atoms with Crippen molar-refractivity contribution in [1.82, 2.24) is 10.3 Å². The lowest BCUT2D eigenvalue weighted by molar-refractivity contribution is -0.120. The Morgan fingerprint density at radius 3 is 3.11 bits per heavy atom. The number of hydrogen-bond acceptors (Lipinski definition) is 4. The lowest BCUT2D eigenvalue weighted by Gasteiger charge is -2.16. The molecule has 2 atom stereocenters. The summed E-state index contributed by atoms with van der Waals surface area (Å²) in [4.78, 5) is 16.1. The van der Waals surface area contributed by atoms with Gasteiger partial charge in [-0.1, -0.05) is 11.6 Å². The second-order valence-electron chi connectivity index (χ2n) is 4.02. The molecule has 18 heavy (non-hydrogen) atoms. The number of carbonyl (C=O) groups excluding carboxylic acids is 1. The predicted molar refractivity (Wildman–Crippen MR) is 72.7 cm³/mol. The van der Waals surface area contributed by atoms with Crippen LogP contribution in [-0.2, 0) is 9.53 Å². The van der Waals surface area contributed by atoms with E-state index in [1.54, 1.807) is 12.3 Å². The first-order valence-electron chi connectivity index (χ1n) is 5.48. The van der Waals surface area contributed by atoms with Crippen LogP contribution in [0.3, 0.4) is 0 Å². The van der Waals surface area contributed by atoms with Crippen molar-refractivity contribution in [3.8, 4) is 0 Å². The molecule has 1 amide bonds. The lowest BCUT2D eigenvalue weighted by atomic mass is 10.0. The first-order chi connectivity index (χ1) is 8.61. The summed E-state index contributed by atoms with van der Waals surface area (Å²) in [6, 6.07) is 1.75. The Labute approximate surface area is 118 Å². The van der Waals surface area contributed by atoms with Crippen LogP contribution in [0.2, 0.25) is 5.15 Å². The summed E-state index contributed by atoms with van der Waals surface area (Å²) in [6.07, 6.45) is 1.58. The molecule has 0 aliphatic carbocycles. The summed E-state index contributed by atoms with van der Waals surface area (Å²) < 4.78 is 6.05. The molecule has 0 radical (unpaired) electrons. The first kappa shape index (κ1) is 13.7. The first-order valence-corrected chi connectivity index (χ1v) is 6.66. The minimum Gasteiger partial charge on any atom is -0.379 e. The van der Waals surface area contributed by atoms with Gasteiger partial charge in [-0.2, -0.15) is 0 Å². The molecule has 1 saturated heterocycles. The van der Waals surface area contributed by atoms with Gasteiger partial charge in [0.2, 0.25) is 5.91 Å². The zero-order valence-corrected chi connectivity index (χ0v) is 12.1. The third kappa shape index (κ3) is 3.00. The molecule has 2 heterocycles.